The number of nitriles is 1. The van der Waals surface area contributed by atoms with Crippen molar-refractivity contribution >= 4 is 5.69 Å². The molecule has 0 spiro atoms. The fraction of sp³-hybridized carbons (Fsp3) is 0.250. The number of anilines is 1. The Hall–Kier alpha value is -2.01. The lowest BCUT2D eigenvalue weighted by Gasteiger charge is -2.11. The third-order valence-corrected chi connectivity index (χ3v) is 1.66. The van der Waals surface area contributed by atoms with Gasteiger partial charge >= 0.3 is 6.36 Å². The van der Waals surface area contributed by atoms with Crippen molar-refractivity contribution in [3.8, 4) is 11.9 Å². The SMILES string of the molecule is N#Cc1c(OC(F)(F)F)ncc(CO)c1N. The monoisotopic (exact) mass is 233 g/mol. The molecule has 86 valence electrons. The lowest BCUT2D eigenvalue weighted by atomic mass is 10.1. The Kier molecular flexibility index (Phi) is 3.20. The number of ether oxygens (including phenoxy) is 1. The van der Waals surface area contributed by atoms with Gasteiger partial charge in [0.15, 0.2) is 0 Å². The molecule has 0 fully saturated rings. The van der Waals surface area contributed by atoms with Crippen LogP contribution in [0.3, 0.4) is 0 Å². The van der Waals surface area contributed by atoms with E-state index < -0.39 is 24.4 Å². The van der Waals surface area contributed by atoms with Gasteiger partial charge in [0, 0.05) is 11.8 Å². The molecule has 0 saturated carbocycles. The van der Waals surface area contributed by atoms with Crippen molar-refractivity contribution in [2.45, 2.75) is 13.0 Å². The molecular formula is C8H6F3N3O2. The highest BCUT2D eigenvalue weighted by molar-refractivity contribution is 5.62. The minimum absolute atomic E-state index is 0.0612. The van der Waals surface area contributed by atoms with E-state index in [9.17, 15) is 13.2 Å². The second-order valence-electron chi connectivity index (χ2n) is 2.69. The van der Waals surface area contributed by atoms with Crippen LogP contribution in [-0.4, -0.2) is 16.5 Å². The normalized spacial score (nSPS) is 10.9. The molecular weight excluding hydrogens is 227 g/mol. The molecule has 16 heavy (non-hydrogen) atoms. The first-order valence-electron chi connectivity index (χ1n) is 3.93. The molecule has 0 bridgehead atoms. The molecule has 8 heteroatoms. The maximum absolute atomic E-state index is 11.9. The van der Waals surface area contributed by atoms with Crippen LogP contribution in [0.1, 0.15) is 11.1 Å². The van der Waals surface area contributed by atoms with E-state index in [0.29, 0.717) is 0 Å². The number of nitrogen functional groups attached to an aromatic ring is 1. The smallest absolute Gasteiger partial charge is 0.397 e. The Morgan fingerprint density at radius 1 is 1.56 bits per heavy atom. The summed E-state index contributed by atoms with van der Waals surface area (Å²) in [5.41, 5.74) is 4.58. The summed E-state index contributed by atoms with van der Waals surface area (Å²) >= 11 is 0. The first kappa shape index (κ1) is 12.1. The number of alkyl halides is 3. The van der Waals surface area contributed by atoms with Gasteiger partial charge in [-0.25, -0.2) is 4.98 Å². The number of aliphatic hydroxyl groups is 1. The minimum Gasteiger partial charge on any atom is -0.397 e. The largest absolute Gasteiger partial charge is 0.574 e. The van der Waals surface area contributed by atoms with Crippen LogP contribution in [0.4, 0.5) is 18.9 Å². The topological polar surface area (TPSA) is 92.2 Å². The number of pyridine rings is 1. The molecule has 5 nitrogen and oxygen atoms in total. The zero-order valence-corrected chi connectivity index (χ0v) is 7.75. The van der Waals surface area contributed by atoms with Crippen molar-refractivity contribution in [3.05, 3.63) is 17.3 Å². The molecule has 0 saturated heterocycles. The van der Waals surface area contributed by atoms with Gasteiger partial charge in [-0.2, -0.15) is 5.26 Å². The number of rotatable bonds is 2. The molecule has 1 aromatic heterocycles. The molecule has 1 rings (SSSR count). The lowest BCUT2D eigenvalue weighted by molar-refractivity contribution is -0.276. The van der Waals surface area contributed by atoms with Crippen LogP contribution in [-0.2, 0) is 6.61 Å². The standard InChI is InChI=1S/C8H6F3N3O2/c9-8(10,11)16-7-5(1-12)6(13)4(3-15)2-14-7/h2,15H,3H2,(H2,13,14). The van der Waals surface area contributed by atoms with E-state index >= 15 is 0 Å². The first-order chi connectivity index (χ1) is 7.39. The summed E-state index contributed by atoms with van der Waals surface area (Å²) in [5, 5.41) is 17.4. The number of aromatic nitrogens is 1. The quantitative estimate of drug-likeness (QED) is 0.792. The number of aliphatic hydroxyl groups excluding tert-OH is 1. The van der Waals surface area contributed by atoms with Crippen molar-refractivity contribution in [2.75, 3.05) is 5.73 Å². The molecule has 0 atom stereocenters. The molecule has 0 radical (unpaired) electrons. The van der Waals surface area contributed by atoms with Crippen LogP contribution in [0.25, 0.3) is 0 Å². The predicted molar refractivity (Wildman–Crippen MR) is 46.0 cm³/mol. The summed E-state index contributed by atoms with van der Waals surface area (Å²) in [6.45, 7) is -0.528. The van der Waals surface area contributed by atoms with Crippen molar-refractivity contribution in [1.29, 1.82) is 5.26 Å². The summed E-state index contributed by atoms with van der Waals surface area (Å²) in [4.78, 5) is 3.26. The molecule has 0 amide bonds. The summed E-state index contributed by atoms with van der Waals surface area (Å²) in [6, 6.07) is 1.44. The Labute approximate surface area is 87.9 Å². The molecule has 3 N–H and O–H groups in total. The highest BCUT2D eigenvalue weighted by atomic mass is 19.4. The van der Waals surface area contributed by atoms with Crippen LogP contribution in [0.2, 0.25) is 0 Å². The van der Waals surface area contributed by atoms with Crippen LogP contribution >= 0.6 is 0 Å². The van der Waals surface area contributed by atoms with E-state index in [1.807, 2.05) is 0 Å². The fourth-order valence-corrected chi connectivity index (χ4v) is 0.967. The van der Waals surface area contributed by atoms with Gasteiger partial charge < -0.3 is 15.6 Å². The number of halogens is 3. The molecule has 0 aliphatic rings. The van der Waals surface area contributed by atoms with E-state index in [1.54, 1.807) is 0 Å². The molecule has 0 unspecified atom stereocenters. The van der Waals surface area contributed by atoms with Gasteiger partial charge in [0.2, 0.25) is 5.88 Å². The lowest BCUT2D eigenvalue weighted by Crippen LogP contribution is -2.19. The number of nitrogens with two attached hydrogens (primary N) is 1. The molecule has 0 aliphatic carbocycles. The van der Waals surface area contributed by atoms with Gasteiger partial charge in [0.25, 0.3) is 0 Å². The summed E-state index contributed by atoms with van der Waals surface area (Å²) in [7, 11) is 0. The Morgan fingerprint density at radius 2 is 2.19 bits per heavy atom. The van der Waals surface area contributed by atoms with E-state index in [-0.39, 0.29) is 11.3 Å². The summed E-state index contributed by atoms with van der Waals surface area (Å²) < 4.78 is 39.2. The maximum atomic E-state index is 11.9. The van der Waals surface area contributed by atoms with Gasteiger partial charge in [-0.3, -0.25) is 0 Å². The predicted octanol–water partition coefficient (Wildman–Crippen LogP) is 0.926. The highest BCUT2D eigenvalue weighted by Gasteiger charge is 2.33. The number of nitrogens with zero attached hydrogens (tertiary/aromatic N) is 2. The van der Waals surface area contributed by atoms with Crippen LogP contribution in [0.15, 0.2) is 6.20 Å². The summed E-state index contributed by atoms with van der Waals surface area (Å²) in [6.07, 6.45) is -4.04. The van der Waals surface area contributed by atoms with Crippen LogP contribution < -0.4 is 10.5 Å². The average Bonchev–Trinajstić information content (AvgIpc) is 2.16. The van der Waals surface area contributed by atoms with E-state index in [0.717, 1.165) is 6.20 Å². The average molecular weight is 233 g/mol. The van der Waals surface area contributed by atoms with Crippen molar-refractivity contribution in [3.63, 3.8) is 0 Å². The van der Waals surface area contributed by atoms with Gasteiger partial charge in [-0.05, 0) is 0 Å². The third kappa shape index (κ3) is 2.52. The highest BCUT2D eigenvalue weighted by Crippen LogP contribution is 2.29. The van der Waals surface area contributed by atoms with Gasteiger partial charge in [-0.1, -0.05) is 0 Å². The number of hydrogen-bond donors (Lipinski definition) is 2. The van der Waals surface area contributed by atoms with Gasteiger partial charge in [0.1, 0.15) is 11.6 Å². The first-order valence-corrected chi connectivity index (χ1v) is 3.93. The van der Waals surface area contributed by atoms with E-state index in [1.165, 1.54) is 6.07 Å². The second kappa shape index (κ2) is 4.24. The van der Waals surface area contributed by atoms with Crippen LogP contribution in [0.5, 0.6) is 5.88 Å². The Balaban J connectivity index is 3.23. The van der Waals surface area contributed by atoms with Crippen molar-refractivity contribution < 1.29 is 23.0 Å². The van der Waals surface area contributed by atoms with Crippen molar-refractivity contribution in [2.24, 2.45) is 0 Å². The fourth-order valence-electron chi connectivity index (χ4n) is 0.967. The van der Waals surface area contributed by atoms with Crippen molar-refractivity contribution in [1.82, 2.24) is 4.98 Å². The zero-order valence-electron chi connectivity index (χ0n) is 7.75. The summed E-state index contributed by atoms with van der Waals surface area (Å²) in [5.74, 6) is -0.926. The Bertz CT molecular complexity index is 439. The molecule has 1 heterocycles. The Morgan fingerprint density at radius 3 is 2.62 bits per heavy atom. The molecule has 0 aliphatic heterocycles. The third-order valence-electron chi connectivity index (χ3n) is 1.66. The van der Waals surface area contributed by atoms with Gasteiger partial charge in [-0.15, -0.1) is 13.2 Å². The number of hydrogen-bond acceptors (Lipinski definition) is 5. The second-order valence-corrected chi connectivity index (χ2v) is 2.69. The van der Waals surface area contributed by atoms with Gasteiger partial charge in [0.05, 0.1) is 12.3 Å². The van der Waals surface area contributed by atoms with E-state index in [2.05, 4.69) is 9.72 Å². The maximum Gasteiger partial charge on any atom is 0.574 e. The zero-order chi connectivity index (χ0) is 12.3. The molecule has 0 aromatic carbocycles. The van der Waals surface area contributed by atoms with E-state index in [4.69, 9.17) is 16.1 Å². The minimum atomic E-state index is -4.95. The molecule has 1 aromatic rings. The van der Waals surface area contributed by atoms with Crippen LogP contribution in [0, 0.1) is 11.3 Å².